The van der Waals surface area contributed by atoms with Crippen LogP contribution in [-0.4, -0.2) is 44.8 Å². The highest BCUT2D eigenvalue weighted by atomic mass is 16.3. The van der Waals surface area contributed by atoms with Gasteiger partial charge in [-0.1, -0.05) is 12.1 Å². The number of nitrogens with one attached hydrogen (secondary N) is 1. The second kappa shape index (κ2) is 8.18. The zero-order valence-electron chi connectivity index (χ0n) is 14.9. The molecule has 2 rings (SSSR count). The summed E-state index contributed by atoms with van der Waals surface area (Å²) in [6.07, 6.45) is 2.62. The predicted molar refractivity (Wildman–Crippen MR) is 96.2 cm³/mol. The van der Waals surface area contributed by atoms with Crippen LogP contribution >= 0.6 is 0 Å². The summed E-state index contributed by atoms with van der Waals surface area (Å²) >= 11 is 0. The zero-order chi connectivity index (χ0) is 18.4. The van der Waals surface area contributed by atoms with Gasteiger partial charge in [0, 0.05) is 30.5 Å². The molecule has 1 heterocycles. The maximum absolute atomic E-state index is 12.4. The minimum absolute atomic E-state index is 0.0169. The third-order valence-corrected chi connectivity index (χ3v) is 3.98. The molecule has 1 aromatic carbocycles. The molecule has 1 atom stereocenters. The molecular weight excluding hydrogens is 318 g/mol. The summed E-state index contributed by atoms with van der Waals surface area (Å²) in [5.74, 6) is -0.260. The summed E-state index contributed by atoms with van der Waals surface area (Å²) in [5, 5.41) is 21.8. The van der Waals surface area contributed by atoms with Crippen molar-refractivity contribution in [1.29, 1.82) is 0 Å². The van der Waals surface area contributed by atoms with Crippen LogP contribution in [0.2, 0.25) is 0 Å². The van der Waals surface area contributed by atoms with Gasteiger partial charge in [-0.25, -0.2) is 4.98 Å². The van der Waals surface area contributed by atoms with Crippen molar-refractivity contribution >= 4 is 5.91 Å². The topological polar surface area (TPSA) is 95.3 Å². The predicted octanol–water partition coefficient (Wildman–Crippen LogP) is 2.01. The minimum atomic E-state index is -1.05. The van der Waals surface area contributed by atoms with Crippen LogP contribution in [0.3, 0.4) is 0 Å². The Bertz CT molecular complexity index is 744. The van der Waals surface area contributed by atoms with Gasteiger partial charge in [0.25, 0.3) is 5.91 Å². The standard InChI is InChI=1S/C19H25N3O3/c1-13-11-20-14(2)17(22-13)15-6-4-7-16(10-15)18(24)21-12-19(3,25)8-5-9-23/h4,6-7,10-11,23,25H,5,8-9,12H2,1-3H3,(H,21,24)/t19-/m0/s1. The van der Waals surface area contributed by atoms with E-state index in [0.29, 0.717) is 18.4 Å². The highest BCUT2D eigenvalue weighted by Gasteiger charge is 2.21. The van der Waals surface area contributed by atoms with Crippen LogP contribution < -0.4 is 5.32 Å². The SMILES string of the molecule is Cc1cnc(C)c(-c2cccc(C(=O)NC[C@@](C)(O)CCCO)c2)n1. The van der Waals surface area contributed by atoms with Gasteiger partial charge in [-0.15, -0.1) is 0 Å². The molecule has 3 N–H and O–H groups in total. The molecule has 0 aliphatic heterocycles. The number of carbonyl (C=O) groups is 1. The molecule has 6 nitrogen and oxygen atoms in total. The first-order chi connectivity index (χ1) is 11.8. The van der Waals surface area contributed by atoms with Crippen LogP contribution in [0.15, 0.2) is 30.5 Å². The van der Waals surface area contributed by atoms with Crippen LogP contribution in [0, 0.1) is 13.8 Å². The molecule has 0 spiro atoms. The van der Waals surface area contributed by atoms with E-state index in [-0.39, 0.29) is 19.1 Å². The van der Waals surface area contributed by atoms with E-state index in [4.69, 9.17) is 5.11 Å². The number of nitrogens with zero attached hydrogens (tertiary/aromatic N) is 2. The van der Waals surface area contributed by atoms with E-state index < -0.39 is 5.60 Å². The molecule has 134 valence electrons. The molecular formula is C19H25N3O3. The van der Waals surface area contributed by atoms with Crippen LogP contribution in [0.5, 0.6) is 0 Å². The lowest BCUT2D eigenvalue weighted by atomic mass is 10.00. The van der Waals surface area contributed by atoms with E-state index >= 15 is 0 Å². The van der Waals surface area contributed by atoms with Crippen molar-refractivity contribution < 1.29 is 15.0 Å². The number of aliphatic hydroxyl groups excluding tert-OH is 1. The van der Waals surface area contributed by atoms with E-state index in [1.165, 1.54) is 0 Å². The highest BCUT2D eigenvalue weighted by molar-refractivity contribution is 5.95. The molecule has 0 radical (unpaired) electrons. The van der Waals surface area contributed by atoms with Gasteiger partial charge in [-0.2, -0.15) is 0 Å². The summed E-state index contributed by atoms with van der Waals surface area (Å²) in [4.78, 5) is 21.2. The van der Waals surface area contributed by atoms with Gasteiger partial charge in [-0.3, -0.25) is 9.78 Å². The summed E-state index contributed by atoms with van der Waals surface area (Å²) in [7, 11) is 0. The molecule has 0 aliphatic carbocycles. The number of hydrogen-bond acceptors (Lipinski definition) is 5. The molecule has 25 heavy (non-hydrogen) atoms. The van der Waals surface area contributed by atoms with Gasteiger partial charge in [0.05, 0.1) is 22.7 Å². The number of aliphatic hydroxyl groups is 2. The van der Waals surface area contributed by atoms with Crippen molar-refractivity contribution in [2.75, 3.05) is 13.2 Å². The quantitative estimate of drug-likeness (QED) is 0.715. The van der Waals surface area contributed by atoms with Crippen molar-refractivity contribution in [1.82, 2.24) is 15.3 Å². The Kier molecular flexibility index (Phi) is 6.22. The van der Waals surface area contributed by atoms with Gasteiger partial charge in [-0.05, 0) is 45.7 Å². The van der Waals surface area contributed by atoms with Crippen molar-refractivity contribution in [3.8, 4) is 11.3 Å². The smallest absolute Gasteiger partial charge is 0.251 e. The van der Waals surface area contributed by atoms with E-state index in [0.717, 1.165) is 22.6 Å². The molecule has 0 saturated carbocycles. The molecule has 2 aromatic rings. The van der Waals surface area contributed by atoms with Gasteiger partial charge >= 0.3 is 0 Å². The van der Waals surface area contributed by atoms with Crippen molar-refractivity contribution in [3.05, 3.63) is 47.4 Å². The monoisotopic (exact) mass is 343 g/mol. The first-order valence-electron chi connectivity index (χ1n) is 8.34. The second-order valence-corrected chi connectivity index (χ2v) is 6.53. The molecule has 6 heteroatoms. The maximum Gasteiger partial charge on any atom is 0.251 e. The molecule has 0 saturated heterocycles. The largest absolute Gasteiger partial charge is 0.396 e. The number of carbonyl (C=O) groups excluding carboxylic acids is 1. The number of hydrogen-bond donors (Lipinski definition) is 3. The minimum Gasteiger partial charge on any atom is -0.396 e. The normalized spacial score (nSPS) is 13.3. The average molecular weight is 343 g/mol. The summed E-state index contributed by atoms with van der Waals surface area (Å²) < 4.78 is 0. The van der Waals surface area contributed by atoms with Gasteiger partial charge in [0.15, 0.2) is 0 Å². The molecule has 0 fully saturated rings. The lowest BCUT2D eigenvalue weighted by Crippen LogP contribution is -2.40. The highest BCUT2D eigenvalue weighted by Crippen LogP contribution is 2.21. The van der Waals surface area contributed by atoms with Crippen molar-refractivity contribution in [2.45, 2.75) is 39.2 Å². The lowest BCUT2D eigenvalue weighted by Gasteiger charge is -2.23. The number of rotatable bonds is 7. The number of aryl methyl sites for hydroxylation is 2. The lowest BCUT2D eigenvalue weighted by molar-refractivity contribution is 0.0415. The number of aromatic nitrogens is 2. The average Bonchev–Trinajstić information content (AvgIpc) is 2.60. The van der Waals surface area contributed by atoms with Gasteiger partial charge in [0.2, 0.25) is 0 Å². The Morgan fingerprint density at radius 1 is 1.32 bits per heavy atom. The first kappa shape index (κ1) is 19.0. The molecule has 1 amide bonds. The van der Waals surface area contributed by atoms with Gasteiger partial charge < -0.3 is 15.5 Å². The zero-order valence-corrected chi connectivity index (χ0v) is 14.9. The Labute approximate surface area is 148 Å². The molecule has 0 aliphatic rings. The second-order valence-electron chi connectivity index (χ2n) is 6.53. The van der Waals surface area contributed by atoms with Crippen molar-refractivity contribution in [2.24, 2.45) is 0 Å². The first-order valence-corrected chi connectivity index (χ1v) is 8.34. The molecule has 0 bridgehead atoms. The third kappa shape index (κ3) is 5.34. The van der Waals surface area contributed by atoms with E-state index in [2.05, 4.69) is 15.3 Å². The Hall–Kier alpha value is -2.31. The Balaban J connectivity index is 2.13. The maximum atomic E-state index is 12.4. The van der Waals surface area contributed by atoms with Crippen LogP contribution in [0.4, 0.5) is 0 Å². The summed E-state index contributed by atoms with van der Waals surface area (Å²) in [6.45, 7) is 5.54. The third-order valence-electron chi connectivity index (χ3n) is 3.98. The Morgan fingerprint density at radius 3 is 2.80 bits per heavy atom. The molecule has 1 aromatic heterocycles. The summed E-state index contributed by atoms with van der Waals surface area (Å²) in [5.41, 5.74) is 2.65. The van der Waals surface area contributed by atoms with E-state index in [1.54, 1.807) is 31.3 Å². The van der Waals surface area contributed by atoms with Crippen molar-refractivity contribution in [3.63, 3.8) is 0 Å². The van der Waals surface area contributed by atoms with Gasteiger partial charge in [0.1, 0.15) is 0 Å². The number of amides is 1. The fraction of sp³-hybridized carbons (Fsp3) is 0.421. The molecule has 0 unspecified atom stereocenters. The summed E-state index contributed by atoms with van der Waals surface area (Å²) in [6, 6.07) is 7.19. The van der Waals surface area contributed by atoms with Crippen LogP contribution in [0.25, 0.3) is 11.3 Å². The van der Waals surface area contributed by atoms with E-state index in [1.807, 2.05) is 19.9 Å². The fourth-order valence-corrected chi connectivity index (χ4v) is 2.54. The van der Waals surface area contributed by atoms with Crippen LogP contribution in [0.1, 0.15) is 41.5 Å². The fourth-order valence-electron chi connectivity index (χ4n) is 2.54. The van der Waals surface area contributed by atoms with E-state index in [9.17, 15) is 9.90 Å². The number of benzene rings is 1. The van der Waals surface area contributed by atoms with Crippen LogP contribution in [-0.2, 0) is 0 Å². The Morgan fingerprint density at radius 2 is 2.08 bits per heavy atom.